The lowest BCUT2D eigenvalue weighted by Gasteiger charge is -2.23. The van der Waals surface area contributed by atoms with Gasteiger partial charge in [-0.3, -0.25) is 0 Å². The lowest BCUT2D eigenvalue weighted by atomic mass is 9.80. The maximum Gasteiger partial charge on any atom is 0.416 e. The molecule has 2 aliphatic rings. The largest absolute Gasteiger partial charge is 0.416 e. The highest BCUT2D eigenvalue weighted by Crippen LogP contribution is 2.55. The van der Waals surface area contributed by atoms with Gasteiger partial charge in [-0.15, -0.1) is 0 Å². The Morgan fingerprint density at radius 3 is 1.47 bits per heavy atom. The van der Waals surface area contributed by atoms with Gasteiger partial charge in [0.2, 0.25) is 0 Å². The Hall–Kier alpha value is -7.36. The molecular weight excluding hydrogens is 772 g/mol. The second-order valence-electron chi connectivity index (χ2n) is 17.9. The predicted molar refractivity (Wildman–Crippen MR) is 245 cm³/mol. The van der Waals surface area contributed by atoms with E-state index >= 15 is 0 Å². The summed E-state index contributed by atoms with van der Waals surface area (Å²) in [5.74, 6) is 0. The summed E-state index contributed by atoms with van der Waals surface area (Å²) in [6.45, 7) is 9.04. The molecule has 2 heterocycles. The van der Waals surface area contributed by atoms with E-state index in [9.17, 15) is 18.4 Å². The number of alkyl halides is 3. The first-order valence-electron chi connectivity index (χ1n) is 21.0. The van der Waals surface area contributed by atoms with Crippen molar-refractivity contribution in [3.05, 3.63) is 191 Å². The number of hydrogen-bond donors (Lipinski definition) is 0. The molecule has 0 spiro atoms. The zero-order valence-corrected chi connectivity index (χ0v) is 34.5. The Morgan fingerprint density at radius 1 is 0.452 bits per heavy atom. The minimum Gasteiger partial charge on any atom is -0.309 e. The van der Waals surface area contributed by atoms with Gasteiger partial charge in [0.05, 0.1) is 50.6 Å². The number of fused-ring (bicyclic) bond motifs is 14. The molecule has 8 aromatic carbocycles. The van der Waals surface area contributed by atoms with Crippen molar-refractivity contribution in [2.24, 2.45) is 0 Å². The minimum absolute atomic E-state index is 0.291. The molecule has 6 heteroatoms. The molecule has 0 amide bonds. The summed E-state index contributed by atoms with van der Waals surface area (Å²) in [4.78, 5) is 0. The third kappa shape index (κ3) is 4.71. The molecule has 12 rings (SSSR count). The normalized spacial score (nSPS) is 14.6. The average molecular weight is 810 g/mol. The molecule has 3 nitrogen and oxygen atoms in total. The van der Waals surface area contributed by atoms with Crippen molar-refractivity contribution in [3.8, 4) is 50.8 Å². The van der Waals surface area contributed by atoms with Crippen LogP contribution < -0.4 is 0 Å². The Bertz CT molecular complexity index is 3640. The third-order valence-corrected chi connectivity index (χ3v) is 13.9. The van der Waals surface area contributed by atoms with Gasteiger partial charge in [0.1, 0.15) is 0 Å². The van der Waals surface area contributed by atoms with Crippen molar-refractivity contribution < 1.29 is 13.2 Å². The first-order chi connectivity index (χ1) is 29.9. The zero-order valence-electron chi connectivity index (χ0n) is 34.5. The van der Waals surface area contributed by atoms with Gasteiger partial charge < -0.3 is 9.13 Å². The molecule has 0 saturated carbocycles. The maximum absolute atomic E-state index is 15.0. The van der Waals surface area contributed by atoms with Crippen LogP contribution in [0.2, 0.25) is 0 Å². The number of rotatable bonds is 3. The van der Waals surface area contributed by atoms with Gasteiger partial charge in [-0.2, -0.15) is 18.4 Å². The number of nitrogens with zero attached hydrogens (tertiary/aromatic N) is 3. The molecule has 62 heavy (non-hydrogen) atoms. The molecule has 0 aliphatic heterocycles. The summed E-state index contributed by atoms with van der Waals surface area (Å²) in [5.41, 5.74) is 14.6. The molecule has 2 aromatic heterocycles. The second-order valence-corrected chi connectivity index (χ2v) is 17.9. The molecule has 0 bridgehead atoms. The smallest absolute Gasteiger partial charge is 0.309 e. The molecular formula is C56H38F3N3. The maximum atomic E-state index is 15.0. The molecule has 0 unspecified atom stereocenters. The fourth-order valence-electron chi connectivity index (χ4n) is 11.3. The number of benzene rings is 8. The Labute approximate surface area is 356 Å². The van der Waals surface area contributed by atoms with Gasteiger partial charge in [0.25, 0.3) is 0 Å². The van der Waals surface area contributed by atoms with E-state index in [0.29, 0.717) is 22.4 Å². The van der Waals surface area contributed by atoms with E-state index in [1.165, 1.54) is 45.5 Å². The van der Waals surface area contributed by atoms with Crippen LogP contribution in [0.1, 0.15) is 61.1 Å². The van der Waals surface area contributed by atoms with Gasteiger partial charge in [-0.05, 0) is 99.1 Å². The van der Waals surface area contributed by atoms with Crippen LogP contribution in [0.3, 0.4) is 0 Å². The van der Waals surface area contributed by atoms with Gasteiger partial charge in [0, 0.05) is 43.5 Å². The Kier molecular flexibility index (Phi) is 7.28. The van der Waals surface area contributed by atoms with E-state index in [1.54, 1.807) is 12.1 Å². The number of nitriles is 1. The molecule has 0 radical (unpaired) electrons. The summed E-state index contributed by atoms with van der Waals surface area (Å²) in [5, 5.41) is 14.6. The summed E-state index contributed by atoms with van der Waals surface area (Å²) in [6, 6.07) is 54.0. The number of aromatic nitrogens is 2. The van der Waals surface area contributed by atoms with E-state index < -0.39 is 11.7 Å². The van der Waals surface area contributed by atoms with Crippen molar-refractivity contribution in [2.45, 2.75) is 44.7 Å². The molecule has 0 fully saturated rings. The third-order valence-electron chi connectivity index (χ3n) is 13.9. The molecule has 0 saturated heterocycles. The Balaban J connectivity index is 1.19. The van der Waals surface area contributed by atoms with Crippen molar-refractivity contribution >= 4 is 43.6 Å². The van der Waals surface area contributed by atoms with Gasteiger partial charge in [-0.25, -0.2) is 0 Å². The average Bonchev–Trinajstić information content (AvgIpc) is 3.94. The van der Waals surface area contributed by atoms with Crippen LogP contribution in [0.15, 0.2) is 158 Å². The fraction of sp³-hybridized carbons (Fsp3) is 0.125. The quantitative estimate of drug-likeness (QED) is 0.175. The highest BCUT2D eigenvalue weighted by molar-refractivity contribution is 6.16. The zero-order chi connectivity index (χ0) is 42.4. The summed E-state index contributed by atoms with van der Waals surface area (Å²) >= 11 is 0. The van der Waals surface area contributed by atoms with E-state index in [2.05, 4.69) is 135 Å². The summed E-state index contributed by atoms with van der Waals surface area (Å²) in [7, 11) is 0. The number of hydrogen-bond acceptors (Lipinski definition) is 1. The highest BCUT2D eigenvalue weighted by atomic mass is 19.4. The molecule has 10 aromatic rings. The Morgan fingerprint density at radius 2 is 0.935 bits per heavy atom. The van der Waals surface area contributed by atoms with Crippen molar-refractivity contribution in [1.82, 2.24) is 9.13 Å². The lowest BCUT2D eigenvalue weighted by Crippen LogP contribution is -2.15. The molecule has 0 N–H and O–H groups in total. The second kappa shape index (κ2) is 12.4. The fourth-order valence-corrected chi connectivity index (χ4v) is 11.3. The summed E-state index contributed by atoms with van der Waals surface area (Å²) in [6.07, 6.45) is -4.61. The minimum atomic E-state index is -4.61. The predicted octanol–water partition coefficient (Wildman–Crippen LogP) is 15.1. The number of para-hydroxylation sites is 2. The standard InChI is InChI=1S/C56H38F3N3/c1-54(2)42-17-9-5-13-34(42)37-24-27-47-50(52(37)54)39-15-7-11-19-44(39)61(47)46-26-21-32(31-60)29-41(46)36-23-22-33(56(57,58)59)30-49(36)62-45-20-12-8-16-40(45)51-48(62)28-25-38-35-14-6-10-18-43(35)55(3,4)53(38)51/h5-30H,1-4H3. The van der Waals surface area contributed by atoms with E-state index in [1.807, 2.05) is 41.0 Å². The van der Waals surface area contributed by atoms with Crippen LogP contribution >= 0.6 is 0 Å². The van der Waals surface area contributed by atoms with Crippen LogP contribution in [0.4, 0.5) is 13.2 Å². The number of halogens is 3. The molecule has 298 valence electrons. The van der Waals surface area contributed by atoms with E-state index in [-0.39, 0.29) is 10.8 Å². The monoisotopic (exact) mass is 809 g/mol. The van der Waals surface area contributed by atoms with Crippen molar-refractivity contribution in [2.75, 3.05) is 0 Å². The van der Waals surface area contributed by atoms with Gasteiger partial charge >= 0.3 is 6.18 Å². The summed E-state index contributed by atoms with van der Waals surface area (Å²) < 4.78 is 49.2. The van der Waals surface area contributed by atoms with Crippen LogP contribution in [0.25, 0.3) is 88.4 Å². The molecule has 2 aliphatic carbocycles. The van der Waals surface area contributed by atoms with Crippen LogP contribution in [0.5, 0.6) is 0 Å². The van der Waals surface area contributed by atoms with Crippen LogP contribution in [0, 0.1) is 11.3 Å². The van der Waals surface area contributed by atoms with Crippen molar-refractivity contribution in [1.29, 1.82) is 5.26 Å². The van der Waals surface area contributed by atoms with E-state index in [4.69, 9.17) is 0 Å². The lowest BCUT2D eigenvalue weighted by molar-refractivity contribution is -0.137. The molecule has 0 atom stereocenters. The highest BCUT2D eigenvalue weighted by Gasteiger charge is 2.40. The first-order valence-corrected chi connectivity index (χ1v) is 21.0. The first kappa shape index (κ1) is 36.5. The van der Waals surface area contributed by atoms with Gasteiger partial charge in [-0.1, -0.05) is 131 Å². The van der Waals surface area contributed by atoms with Crippen LogP contribution in [-0.2, 0) is 17.0 Å². The SMILES string of the molecule is CC1(C)c2ccccc2-c2ccc3c(c21)c1ccccc1n3-c1ccc(C#N)cc1-c1ccc(C(F)(F)F)cc1-n1c2ccccc2c2c3c(ccc21)-c1ccccc1C3(C)C. The van der Waals surface area contributed by atoms with Gasteiger partial charge in [0.15, 0.2) is 0 Å². The van der Waals surface area contributed by atoms with Crippen molar-refractivity contribution in [3.63, 3.8) is 0 Å². The topological polar surface area (TPSA) is 33.6 Å². The van der Waals surface area contributed by atoms with E-state index in [0.717, 1.165) is 60.4 Å². The van der Waals surface area contributed by atoms with Crippen LogP contribution in [-0.4, -0.2) is 9.13 Å².